The molecule has 2 N–H and O–H groups in total. The molecule has 0 radical (unpaired) electrons. The van der Waals surface area contributed by atoms with Gasteiger partial charge in [-0.1, -0.05) is 34.1 Å². The van der Waals surface area contributed by atoms with Crippen molar-refractivity contribution in [1.82, 2.24) is 0 Å². The second-order valence-corrected chi connectivity index (χ2v) is 4.06. The predicted molar refractivity (Wildman–Crippen MR) is 59.9 cm³/mol. The predicted octanol–water partition coefficient (Wildman–Crippen LogP) is 1.73. The van der Waals surface area contributed by atoms with E-state index in [1.807, 2.05) is 38.1 Å². The van der Waals surface area contributed by atoms with Crippen LogP contribution in [0.25, 0.3) is 0 Å². The van der Waals surface area contributed by atoms with Crippen molar-refractivity contribution in [2.45, 2.75) is 19.4 Å². The molecular formula is C9H14BrMgN. The Bertz CT molecular complexity index is 255. The van der Waals surface area contributed by atoms with Crippen molar-refractivity contribution in [2.75, 3.05) is 0 Å². The van der Waals surface area contributed by atoms with Gasteiger partial charge in [0.2, 0.25) is 0 Å². The van der Waals surface area contributed by atoms with Crippen LogP contribution in [-0.2, 0) is 5.54 Å². The minimum Gasteiger partial charge on any atom is -0.322 e. The van der Waals surface area contributed by atoms with E-state index in [1.165, 1.54) is 0 Å². The number of benzene rings is 1. The van der Waals surface area contributed by atoms with E-state index in [9.17, 15) is 0 Å². The van der Waals surface area contributed by atoms with E-state index in [2.05, 4.69) is 15.9 Å². The van der Waals surface area contributed by atoms with Gasteiger partial charge in [-0.3, -0.25) is 0 Å². The van der Waals surface area contributed by atoms with Gasteiger partial charge in [0.25, 0.3) is 0 Å². The summed E-state index contributed by atoms with van der Waals surface area (Å²) in [7, 11) is 0. The summed E-state index contributed by atoms with van der Waals surface area (Å²) in [6.07, 6.45) is 0. The average molecular weight is 240 g/mol. The van der Waals surface area contributed by atoms with E-state index in [4.69, 9.17) is 5.73 Å². The molecular weight excluding hydrogens is 226 g/mol. The third-order valence-electron chi connectivity index (χ3n) is 1.57. The van der Waals surface area contributed by atoms with Crippen LogP contribution in [0.2, 0.25) is 0 Å². The Hall–Kier alpha value is 0.426. The normalized spacial score (nSPS) is 10.7. The van der Waals surface area contributed by atoms with Gasteiger partial charge < -0.3 is 5.73 Å². The molecule has 1 aromatic carbocycles. The van der Waals surface area contributed by atoms with Crippen LogP contribution in [0, 0.1) is 0 Å². The van der Waals surface area contributed by atoms with Crippen LogP contribution in [-0.4, -0.2) is 23.1 Å². The average Bonchev–Trinajstić information content (AvgIpc) is 1.86. The zero-order valence-electron chi connectivity index (χ0n) is 6.76. The SMILES string of the molecule is CC(C)(N)c1ccccc1Br.[MgH2]. The summed E-state index contributed by atoms with van der Waals surface area (Å²) in [5.74, 6) is 0. The Morgan fingerprint density at radius 1 is 1.25 bits per heavy atom. The van der Waals surface area contributed by atoms with E-state index in [1.54, 1.807) is 0 Å². The lowest BCUT2D eigenvalue weighted by Gasteiger charge is -2.20. The molecule has 0 bridgehead atoms. The molecule has 1 nitrogen and oxygen atoms in total. The highest BCUT2D eigenvalue weighted by Gasteiger charge is 2.15. The first-order chi connectivity index (χ1) is 5.02. The Morgan fingerprint density at radius 3 is 2.08 bits per heavy atom. The van der Waals surface area contributed by atoms with Crippen LogP contribution in [0.4, 0.5) is 0 Å². The van der Waals surface area contributed by atoms with Crippen LogP contribution in [0.3, 0.4) is 0 Å². The van der Waals surface area contributed by atoms with E-state index < -0.39 is 0 Å². The molecule has 0 amide bonds. The molecule has 0 aliphatic carbocycles. The smallest absolute Gasteiger partial charge is 0.316 e. The fourth-order valence-electron chi connectivity index (χ4n) is 0.984. The van der Waals surface area contributed by atoms with Crippen LogP contribution in [0.5, 0.6) is 0 Å². The van der Waals surface area contributed by atoms with E-state index in [-0.39, 0.29) is 28.6 Å². The molecule has 0 heterocycles. The highest BCUT2D eigenvalue weighted by atomic mass is 79.9. The molecule has 0 saturated carbocycles. The van der Waals surface area contributed by atoms with Gasteiger partial charge in [-0.25, -0.2) is 0 Å². The van der Waals surface area contributed by atoms with E-state index in [0.717, 1.165) is 10.0 Å². The second kappa shape index (κ2) is 4.60. The molecule has 1 aromatic rings. The first-order valence-electron chi connectivity index (χ1n) is 3.56. The van der Waals surface area contributed by atoms with Gasteiger partial charge in [0.05, 0.1) is 0 Å². The molecule has 0 aromatic heterocycles. The zero-order chi connectivity index (χ0) is 8.48. The quantitative estimate of drug-likeness (QED) is 0.743. The molecule has 1 rings (SSSR count). The van der Waals surface area contributed by atoms with Gasteiger partial charge in [0.1, 0.15) is 0 Å². The lowest BCUT2D eigenvalue weighted by Crippen LogP contribution is -2.28. The summed E-state index contributed by atoms with van der Waals surface area (Å²) in [6, 6.07) is 8.02. The minimum absolute atomic E-state index is 0. The maximum atomic E-state index is 5.93. The molecule has 0 spiro atoms. The maximum Gasteiger partial charge on any atom is 0.316 e. The fourth-order valence-corrected chi connectivity index (χ4v) is 1.78. The zero-order valence-corrected chi connectivity index (χ0v) is 8.35. The monoisotopic (exact) mass is 239 g/mol. The van der Waals surface area contributed by atoms with Gasteiger partial charge in [-0.05, 0) is 25.5 Å². The van der Waals surface area contributed by atoms with Crippen molar-refractivity contribution in [3.8, 4) is 0 Å². The molecule has 0 aliphatic heterocycles. The molecule has 0 unspecified atom stereocenters. The third kappa shape index (κ3) is 3.05. The van der Waals surface area contributed by atoms with Gasteiger partial charge >= 0.3 is 23.1 Å². The number of nitrogens with two attached hydrogens (primary N) is 1. The number of halogens is 1. The van der Waals surface area contributed by atoms with Crippen molar-refractivity contribution in [2.24, 2.45) is 5.73 Å². The highest BCUT2D eigenvalue weighted by molar-refractivity contribution is 9.10. The van der Waals surface area contributed by atoms with E-state index in [0.29, 0.717) is 0 Å². The van der Waals surface area contributed by atoms with Gasteiger partial charge in [-0.15, -0.1) is 0 Å². The van der Waals surface area contributed by atoms with Crippen LogP contribution >= 0.6 is 15.9 Å². The van der Waals surface area contributed by atoms with Crippen molar-refractivity contribution in [3.05, 3.63) is 34.3 Å². The van der Waals surface area contributed by atoms with Crippen LogP contribution < -0.4 is 5.73 Å². The molecule has 0 aliphatic rings. The van der Waals surface area contributed by atoms with Crippen molar-refractivity contribution in [3.63, 3.8) is 0 Å². The first-order valence-corrected chi connectivity index (χ1v) is 4.35. The standard InChI is InChI=1S/C9H12BrN.Mg.2H/c1-9(2,11)7-5-3-4-6-8(7)10;;;/h3-6H,11H2,1-2H3;;;. The number of hydrogen-bond donors (Lipinski definition) is 1. The molecule has 3 heteroatoms. The topological polar surface area (TPSA) is 26.0 Å². The Morgan fingerprint density at radius 2 is 1.75 bits per heavy atom. The van der Waals surface area contributed by atoms with Gasteiger partial charge in [-0.2, -0.15) is 0 Å². The van der Waals surface area contributed by atoms with Crippen molar-refractivity contribution >= 4 is 39.0 Å². The Labute approximate surface area is 98.0 Å². The van der Waals surface area contributed by atoms with Crippen LogP contribution in [0.15, 0.2) is 28.7 Å². The summed E-state index contributed by atoms with van der Waals surface area (Å²) in [5, 5.41) is 0. The summed E-state index contributed by atoms with van der Waals surface area (Å²) in [6.45, 7) is 3.99. The Kier molecular flexibility index (Phi) is 4.77. The fraction of sp³-hybridized carbons (Fsp3) is 0.333. The molecule has 0 fully saturated rings. The van der Waals surface area contributed by atoms with E-state index >= 15 is 0 Å². The largest absolute Gasteiger partial charge is 0.322 e. The first kappa shape index (κ1) is 12.4. The maximum absolute atomic E-state index is 5.93. The summed E-state index contributed by atoms with van der Waals surface area (Å²) in [5.41, 5.74) is 6.80. The lowest BCUT2D eigenvalue weighted by molar-refractivity contribution is 0.551. The number of hydrogen-bond acceptors (Lipinski definition) is 1. The molecule has 0 atom stereocenters. The Balaban J connectivity index is 0.00000121. The molecule has 64 valence electrons. The summed E-state index contributed by atoms with van der Waals surface area (Å²) >= 11 is 3.45. The molecule has 0 saturated heterocycles. The summed E-state index contributed by atoms with van der Waals surface area (Å²) in [4.78, 5) is 0. The van der Waals surface area contributed by atoms with Gasteiger partial charge in [0, 0.05) is 10.0 Å². The van der Waals surface area contributed by atoms with Crippen LogP contribution in [0.1, 0.15) is 19.4 Å². The lowest BCUT2D eigenvalue weighted by atomic mass is 9.96. The minimum atomic E-state index is -0.264. The van der Waals surface area contributed by atoms with Crippen molar-refractivity contribution in [1.29, 1.82) is 0 Å². The van der Waals surface area contributed by atoms with Crippen molar-refractivity contribution < 1.29 is 0 Å². The second-order valence-electron chi connectivity index (χ2n) is 3.20. The highest BCUT2D eigenvalue weighted by Crippen LogP contribution is 2.25. The third-order valence-corrected chi connectivity index (χ3v) is 2.26. The molecule has 12 heavy (non-hydrogen) atoms. The van der Waals surface area contributed by atoms with Gasteiger partial charge in [0.15, 0.2) is 0 Å². The number of rotatable bonds is 1. The summed E-state index contributed by atoms with van der Waals surface area (Å²) < 4.78 is 1.08.